The number of nitrogens with zero attached hydrogens (tertiary/aromatic N) is 2. The molecule has 2 aromatic carbocycles. The number of amides is 1. The number of carbonyl (C=O) groups excluding carboxylic acids is 2. The quantitative estimate of drug-likeness (QED) is 0.526. The normalized spacial score (nSPS) is 12.7. The predicted octanol–water partition coefficient (Wildman–Crippen LogP) is 4.06. The molecule has 1 aromatic heterocycles. The molecule has 0 spiro atoms. The lowest BCUT2D eigenvalue weighted by Gasteiger charge is -2.19. The van der Waals surface area contributed by atoms with Gasteiger partial charge in [-0.05, 0) is 43.2 Å². The first-order valence-corrected chi connectivity index (χ1v) is 9.97. The molecule has 0 aliphatic carbocycles. The van der Waals surface area contributed by atoms with Crippen LogP contribution in [0.25, 0.3) is 11.4 Å². The second-order valence-electron chi connectivity index (χ2n) is 7.28. The minimum absolute atomic E-state index is 0.0786. The van der Waals surface area contributed by atoms with E-state index in [9.17, 15) is 14.0 Å². The number of benzene rings is 2. The summed E-state index contributed by atoms with van der Waals surface area (Å²) in [5.41, 5.74) is 1.68. The molecule has 1 heterocycles. The Morgan fingerprint density at radius 1 is 1.19 bits per heavy atom. The summed E-state index contributed by atoms with van der Waals surface area (Å²) in [4.78, 5) is 28.4. The van der Waals surface area contributed by atoms with Gasteiger partial charge in [0.05, 0.1) is 19.6 Å². The van der Waals surface area contributed by atoms with Crippen molar-refractivity contribution in [3.8, 4) is 17.1 Å². The highest BCUT2D eigenvalue weighted by molar-refractivity contribution is 5.76. The molecular formula is C23H24FN3O5. The Labute approximate surface area is 184 Å². The van der Waals surface area contributed by atoms with Crippen molar-refractivity contribution in [2.75, 3.05) is 7.11 Å². The van der Waals surface area contributed by atoms with E-state index in [1.54, 1.807) is 57.4 Å². The van der Waals surface area contributed by atoms with Gasteiger partial charge in [0.15, 0.2) is 6.10 Å². The van der Waals surface area contributed by atoms with Crippen LogP contribution >= 0.6 is 0 Å². The molecule has 1 N–H and O–H groups in total. The number of carbonyl (C=O) groups is 2. The lowest BCUT2D eigenvalue weighted by Crippen LogP contribution is -2.28. The van der Waals surface area contributed by atoms with Crippen LogP contribution in [0, 0.1) is 12.7 Å². The number of halogens is 1. The lowest BCUT2D eigenvalue weighted by atomic mass is 10.0. The monoisotopic (exact) mass is 441 g/mol. The molecule has 9 heteroatoms. The largest absolute Gasteiger partial charge is 0.497 e. The van der Waals surface area contributed by atoms with Crippen molar-refractivity contribution in [2.45, 2.75) is 39.3 Å². The number of esters is 1. The van der Waals surface area contributed by atoms with Gasteiger partial charge in [-0.3, -0.25) is 9.59 Å². The van der Waals surface area contributed by atoms with Crippen LogP contribution in [0.2, 0.25) is 0 Å². The molecule has 0 radical (unpaired) electrons. The second-order valence-corrected chi connectivity index (χ2v) is 7.28. The Balaban J connectivity index is 1.67. The first-order valence-electron chi connectivity index (χ1n) is 9.97. The van der Waals surface area contributed by atoms with E-state index < -0.39 is 18.1 Å². The Morgan fingerprint density at radius 3 is 2.53 bits per heavy atom. The fourth-order valence-electron chi connectivity index (χ4n) is 3.05. The summed E-state index contributed by atoms with van der Waals surface area (Å²) < 4.78 is 29.5. The standard InChI is InChI=1S/C23H24FN3O5/c1-13-5-6-17(11-19(13)24)22-26-23(32-27-22)14(2)31-21(29)12-20(25-15(3)28)16-7-9-18(30-4)10-8-16/h5-11,14,20H,12H2,1-4H3,(H,25,28). The molecule has 3 rings (SSSR count). The van der Waals surface area contributed by atoms with E-state index in [1.165, 1.54) is 13.0 Å². The third kappa shape index (κ3) is 5.69. The molecule has 0 saturated carbocycles. The van der Waals surface area contributed by atoms with Crippen LogP contribution in [0.1, 0.15) is 49.4 Å². The molecule has 0 bridgehead atoms. The van der Waals surface area contributed by atoms with E-state index in [0.29, 0.717) is 16.9 Å². The molecule has 32 heavy (non-hydrogen) atoms. The smallest absolute Gasteiger partial charge is 0.309 e. The van der Waals surface area contributed by atoms with Crippen molar-refractivity contribution in [2.24, 2.45) is 0 Å². The van der Waals surface area contributed by atoms with Crippen LogP contribution < -0.4 is 10.1 Å². The first kappa shape index (κ1) is 22.9. The van der Waals surface area contributed by atoms with Crippen LogP contribution in [0.15, 0.2) is 47.0 Å². The Morgan fingerprint density at radius 2 is 1.91 bits per heavy atom. The van der Waals surface area contributed by atoms with Crippen LogP contribution in [0.4, 0.5) is 4.39 Å². The Bertz CT molecular complexity index is 1100. The number of hydrogen-bond acceptors (Lipinski definition) is 7. The van der Waals surface area contributed by atoms with E-state index in [2.05, 4.69) is 15.5 Å². The molecule has 0 aliphatic heterocycles. The summed E-state index contributed by atoms with van der Waals surface area (Å²) >= 11 is 0. The summed E-state index contributed by atoms with van der Waals surface area (Å²) in [6, 6.07) is 11.0. The topological polar surface area (TPSA) is 104 Å². The van der Waals surface area contributed by atoms with Crippen LogP contribution in [0.3, 0.4) is 0 Å². The van der Waals surface area contributed by atoms with Crippen LogP contribution in [-0.2, 0) is 14.3 Å². The minimum Gasteiger partial charge on any atom is -0.497 e. The molecule has 0 aliphatic rings. The highest BCUT2D eigenvalue weighted by Gasteiger charge is 2.23. The van der Waals surface area contributed by atoms with E-state index in [0.717, 1.165) is 5.56 Å². The van der Waals surface area contributed by atoms with Crippen molar-refractivity contribution >= 4 is 11.9 Å². The zero-order chi connectivity index (χ0) is 23.3. The van der Waals surface area contributed by atoms with E-state index >= 15 is 0 Å². The zero-order valence-electron chi connectivity index (χ0n) is 18.2. The number of aromatic nitrogens is 2. The van der Waals surface area contributed by atoms with Crippen LogP contribution in [0.5, 0.6) is 5.75 Å². The van der Waals surface area contributed by atoms with E-state index in [1.807, 2.05) is 0 Å². The lowest BCUT2D eigenvalue weighted by molar-refractivity contribution is -0.150. The molecule has 2 unspecified atom stereocenters. The van der Waals surface area contributed by atoms with Crippen LogP contribution in [-0.4, -0.2) is 29.1 Å². The van der Waals surface area contributed by atoms with Gasteiger partial charge in [0, 0.05) is 12.5 Å². The van der Waals surface area contributed by atoms with Crippen molar-refractivity contribution in [3.05, 3.63) is 65.3 Å². The third-order valence-corrected chi connectivity index (χ3v) is 4.79. The number of rotatable bonds is 8. The van der Waals surface area contributed by atoms with Crippen molar-refractivity contribution in [3.63, 3.8) is 0 Å². The van der Waals surface area contributed by atoms with Crippen molar-refractivity contribution in [1.29, 1.82) is 0 Å². The molecule has 3 aromatic rings. The maximum Gasteiger partial charge on any atom is 0.309 e. The number of hydrogen-bond donors (Lipinski definition) is 1. The Hall–Kier alpha value is -3.75. The highest BCUT2D eigenvalue weighted by Crippen LogP contribution is 2.25. The van der Waals surface area contributed by atoms with Gasteiger partial charge >= 0.3 is 5.97 Å². The fraction of sp³-hybridized carbons (Fsp3) is 0.304. The summed E-state index contributed by atoms with van der Waals surface area (Å²) in [5, 5.41) is 6.58. The molecule has 168 valence electrons. The Kier molecular flexibility index (Phi) is 7.19. The maximum atomic E-state index is 13.8. The fourth-order valence-corrected chi connectivity index (χ4v) is 3.05. The second kappa shape index (κ2) is 10.0. The van der Waals surface area contributed by atoms with Gasteiger partial charge in [-0.25, -0.2) is 4.39 Å². The molecule has 0 fully saturated rings. The van der Waals surface area contributed by atoms with E-state index in [4.69, 9.17) is 14.0 Å². The third-order valence-electron chi connectivity index (χ3n) is 4.79. The maximum absolute atomic E-state index is 13.8. The summed E-state index contributed by atoms with van der Waals surface area (Å²) in [6.07, 6.45) is -0.923. The summed E-state index contributed by atoms with van der Waals surface area (Å²) in [6.45, 7) is 4.62. The zero-order valence-corrected chi connectivity index (χ0v) is 18.2. The van der Waals surface area contributed by atoms with Gasteiger partial charge in [-0.1, -0.05) is 29.4 Å². The van der Waals surface area contributed by atoms with Gasteiger partial charge in [-0.2, -0.15) is 4.98 Å². The van der Waals surface area contributed by atoms with Gasteiger partial charge in [0.1, 0.15) is 11.6 Å². The van der Waals surface area contributed by atoms with Crippen molar-refractivity contribution < 1.29 is 28.0 Å². The molecule has 0 saturated heterocycles. The molecule has 2 atom stereocenters. The average Bonchev–Trinajstić information content (AvgIpc) is 3.25. The van der Waals surface area contributed by atoms with E-state index in [-0.39, 0.29) is 29.9 Å². The van der Waals surface area contributed by atoms with Gasteiger partial charge in [-0.15, -0.1) is 0 Å². The summed E-state index contributed by atoms with van der Waals surface area (Å²) in [5.74, 6) is -0.291. The number of methoxy groups -OCH3 is 1. The first-order chi connectivity index (χ1) is 15.3. The van der Waals surface area contributed by atoms with Gasteiger partial charge < -0.3 is 19.3 Å². The highest BCUT2D eigenvalue weighted by atomic mass is 19.1. The molecular weight excluding hydrogens is 417 g/mol. The SMILES string of the molecule is COc1ccc(C(CC(=O)OC(C)c2nc(-c3ccc(C)c(F)c3)no2)NC(C)=O)cc1. The molecule has 1 amide bonds. The van der Waals surface area contributed by atoms with Crippen molar-refractivity contribution in [1.82, 2.24) is 15.5 Å². The number of ether oxygens (including phenoxy) is 2. The van der Waals surface area contributed by atoms with Gasteiger partial charge in [0.25, 0.3) is 5.89 Å². The van der Waals surface area contributed by atoms with Gasteiger partial charge in [0.2, 0.25) is 11.7 Å². The average molecular weight is 441 g/mol. The minimum atomic E-state index is -0.826. The number of nitrogens with one attached hydrogen (secondary N) is 1. The summed E-state index contributed by atoms with van der Waals surface area (Å²) in [7, 11) is 1.55. The number of aryl methyl sites for hydroxylation is 1. The molecule has 8 nitrogen and oxygen atoms in total. The predicted molar refractivity (Wildman–Crippen MR) is 113 cm³/mol.